The third kappa shape index (κ3) is 5.81. The molecule has 0 bridgehead atoms. The van der Waals surface area contributed by atoms with Gasteiger partial charge in [0.25, 0.3) is 0 Å². The molecular formula is C23H23BrN2OS. The van der Waals surface area contributed by atoms with Gasteiger partial charge in [-0.3, -0.25) is 0 Å². The van der Waals surface area contributed by atoms with Gasteiger partial charge in [0.05, 0.1) is 7.11 Å². The van der Waals surface area contributed by atoms with Gasteiger partial charge in [0.1, 0.15) is 5.75 Å². The number of nitrogens with one attached hydrogen (secondary N) is 1. The number of methoxy groups -OCH3 is 1. The molecule has 28 heavy (non-hydrogen) atoms. The van der Waals surface area contributed by atoms with Crippen LogP contribution in [0.4, 0.5) is 5.69 Å². The Morgan fingerprint density at radius 1 is 0.893 bits per heavy atom. The van der Waals surface area contributed by atoms with Crippen molar-refractivity contribution in [3.05, 3.63) is 94.0 Å². The van der Waals surface area contributed by atoms with Gasteiger partial charge in [-0.2, -0.15) is 0 Å². The van der Waals surface area contributed by atoms with Gasteiger partial charge in [0, 0.05) is 23.2 Å². The van der Waals surface area contributed by atoms with E-state index in [0.717, 1.165) is 22.5 Å². The predicted molar refractivity (Wildman–Crippen MR) is 124 cm³/mol. The highest BCUT2D eigenvalue weighted by atomic mass is 79.9. The Bertz CT molecular complexity index is 909. The molecule has 3 aromatic rings. The molecule has 0 saturated heterocycles. The molecule has 5 heteroatoms. The second-order valence-corrected chi connectivity index (χ2v) is 7.93. The number of hydrogen-bond acceptors (Lipinski definition) is 2. The summed E-state index contributed by atoms with van der Waals surface area (Å²) in [7, 11) is 1.68. The van der Waals surface area contributed by atoms with E-state index in [1.54, 1.807) is 7.11 Å². The molecule has 0 radical (unpaired) electrons. The minimum Gasteiger partial charge on any atom is -0.497 e. The summed E-state index contributed by atoms with van der Waals surface area (Å²) < 4.78 is 6.30. The van der Waals surface area contributed by atoms with Gasteiger partial charge in [-0.05, 0) is 66.7 Å². The first-order chi connectivity index (χ1) is 13.5. The van der Waals surface area contributed by atoms with Gasteiger partial charge in [0.15, 0.2) is 5.11 Å². The van der Waals surface area contributed by atoms with Crippen molar-refractivity contribution in [3.63, 3.8) is 0 Å². The number of nitrogens with zero attached hydrogens (tertiary/aromatic N) is 1. The average Bonchev–Trinajstić information content (AvgIpc) is 2.71. The Balaban J connectivity index is 1.78. The molecule has 0 aliphatic rings. The minimum absolute atomic E-state index is 0.693. The van der Waals surface area contributed by atoms with Crippen LogP contribution in [0.3, 0.4) is 0 Å². The van der Waals surface area contributed by atoms with E-state index >= 15 is 0 Å². The van der Waals surface area contributed by atoms with Crippen LogP contribution >= 0.6 is 28.1 Å². The number of anilines is 1. The first-order valence-corrected chi connectivity index (χ1v) is 10.2. The Morgan fingerprint density at radius 2 is 1.43 bits per heavy atom. The maximum absolute atomic E-state index is 5.74. The van der Waals surface area contributed by atoms with Crippen LogP contribution in [0.1, 0.15) is 16.7 Å². The highest BCUT2D eigenvalue weighted by Crippen LogP contribution is 2.18. The molecule has 144 valence electrons. The lowest BCUT2D eigenvalue weighted by molar-refractivity contribution is 0.407. The van der Waals surface area contributed by atoms with Gasteiger partial charge < -0.3 is 15.0 Å². The van der Waals surface area contributed by atoms with E-state index in [4.69, 9.17) is 17.0 Å². The number of halogens is 1. The highest BCUT2D eigenvalue weighted by molar-refractivity contribution is 9.10. The fourth-order valence-corrected chi connectivity index (χ4v) is 3.31. The van der Waals surface area contributed by atoms with E-state index in [0.29, 0.717) is 11.7 Å². The number of hydrogen-bond donors (Lipinski definition) is 1. The molecule has 0 spiro atoms. The Labute approximate surface area is 180 Å². The van der Waals surface area contributed by atoms with E-state index in [9.17, 15) is 0 Å². The van der Waals surface area contributed by atoms with Gasteiger partial charge in [-0.25, -0.2) is 0 Å². The van der Waals surface area contributed by atoms with Crippen molar-refractivity contribution in [2.45, 2.75) is 20.0 Å². The Morgan fingerprint density at radius 3 is 1.96 bits per heavy atom. The van der Waals surface area contributed by atoms with E-state index in [1.807, 2.05) is 36.4 Å². The molecular weight excluding hydrogens is 432 g/mol. The molecule has 0 unspecified atom stereocenters. The summed E-state index contributed by atoms with van der Waals surface area (Å²) in [6.45, 7) is 3.54. The number of benzene rings is 3. The van der Waals surface area contributed by atoms with Crippen molar-refractivity contribution < 1.29 is 4.74 Å². The number of thiocarbonyl (C=S) groups is 1. The molecule has 0 atom stereocenters. The molecule has 3 nitrogen and oxygen atoms in total. The second kappa shape index (κ2) is 9.71. The first kappa shape index (κ1) is 20.4. The monoisotopic (exact) mass is 454 g/mol. The van der Waals surface area contributed by atoms with Crippen LogP contribution in [0.2, 0.25) is 0 Å². The maximum atomic E-state index is 5.74. The summed E-state index contributed by atoms with van der Waals surface area (Å²) >= 11 is 9.21. The lowest BCUT2D eigenvalue weighted by Gasteiger charge is -2.26. The van der Waals surface area contributed by atoms with Crippen LogP contribution in [0.5, 0.6) is 5.75 Å². The fraction of sp³-hybridized carbons (Fsp3) is 0.174. The predicted octanol–water partition coefficient (Wildman–Crippen LogP) is 6.17. The molecule has 0 saturated carbocycles. The van der Waals surface area contributed by atoms with E-state index in [2.05, 4.69) is 69.5 Å². The number of aryl methyl sites for hydroxylation is 1. The van der Waals surface area contributed by atoms with Crippen LogP contribution in [0, 0.1) is 6.92 Å². The Hall–Kier alpha value is -2.37. The van der Waals surface area contributed by atoms with Crippen molar-refractivity contribution in [2.24, 2.45) is 0 Å². The lowest BCUT2D eigenvalue weighted by atomic mass is 10.1. The molecule has 0 aliphatic carbocycles. The van der Waals surface area contributed by atoms with Crippen LogP contribution in [0.15, 0.2) is 77.3 Å². The fourth-order valence-electron chi connectivity index (χ4n) is 2.80. The van der Waals surface area contributed by atoms with Gasteiger partial charge in [-0.15, -0.1) is 0 Å². The van der Waals surface area contributed by atoms with Crippen molar-refractivity contribution in [2.75, 3.05) is 12.4 Å². The zero-order chi connectivity index (χ0) is 19.9. The highest BCUT2D eigenvalue weighted by Gasteiger charge is 2.12. The minimum atomic E-state index is 0.693. The van der Waals surface area contributed by atoms with Crippen LogP contribution in [-0.4, -0.2) is 17.1 Å². The van der Waals surface area contributed by atoms with Gasteiger partial charge in [-0.1, -0.05) is 57.9 Å². The van der Waals surface area contributed by atoms with Gasteiger partial charge in [0.2, 0.25) is 0 Å². The summed E-state index contributed by atoms with van der Waals surface area (Å²) in [5.74, 6) is 0.851. The topological polar surface area (TPSA) is 24.5 Å². The summed E-state index contributed by atoms with van der Waals surface area (Å²) in [5.41, 5.74) is 4.62. The maximum Gasteiger partial charge on any atom is 0.174 e. The van der Waals surface area contributed by atoms with Crippen LogP contribution < -0.4 is 10.1 Å². The average molecular weight is 455 g/mol. The van der Waals surface area contributed by atoms with Crippen molar-refractivity contribution >= 4 is 38.9 Å². The zero-order valence-corrected chi connectivity index (χ0v) is 18.4. The van der Waals surface area contributed by atoms with E-state index in [-0.39, 0.29) is 0 Å². The smallest absolute Gasteiger partial charge is 0.174 e. The van der Waals surface area contributed by atoms with E-state index < -0.39 is 0 Å². The summed E-state index contributed by atoms with van der Waals surface area (Å²) in [6.07, 6.45) is 0. The molecule has 3 aromatic carbocycles. The molecule has 1 N–H and O–H groups in total. The molecule has 0 amide bonds. The number of ether oxygens (including phenoxy) is 1. The summed E-state index contributed by atoms with van der Waals surface area (Å²) in [6, 6.07) is 24.7. The molecule has 0 fully saturated rings. The van der Waals surface area contributed by atoms with Crippen molar-refractivity contribution in [1.29, 1.82) is 0 Å². The lowest BCUT2D eigenvalue weighted by Crippen LogP contribution is -2.33. The van der Waals surface area contributed by atoms with E-state index in [1.165, 1.54) is 16.7 Å². The number of rotatable bonds is 6. The molecule has 0 aliphatic heterocycles. The Kier molecular flexibility index (Phi) is 7.06. The molecule has 0 aromatic heterocycles. The largest absolute Gasteiger partial charge is 0.497 e. The summed E-state index contributed by atoms with van der Waals surface area (Å²) in [5, 5.41) is 4.05. The SMILES string of the molecule is COc1ccc(CN(Cc2ccc(C)cc2)C(=S)Nc2ccc(Br)cc2)cc1. The van der Waals surface area contributed by atoms with Gasteiger partial charge >= 0.3 is 0 Å². The second-order valence-electron chi connectivity index (χ2n) is 6.63. The van der Waals surface area contributed by atoms with Crippen LogP contribution in [0.25, 0.3) is 0 Å². The first-order valence-electron chi connectivity index (χ1n) is 9.03. The van der Waals surface area contributed by atoms with Crippen molar-refractivity contribution in [3.8, 4) is 5.75 Å². The van der Waals surface area contributed by atoms with Crippen molar-refractivity contribution in [1.82, 2.24) is 4.90 Å². The molecule has 0 heterocycles. The standard InChI is InChI=1S/C23H23BrN2OS/c1-17-3-5-18(6-4-17)15-26(16-19-7-13-22(27-2)14-8-19)23(28)25-21-11-9-20(24)10-12-21/h3-14H,15-16H2,1-2H3,(H,25,28). The zero-order valence-electron chi connectivity index (χ0n) is 16.0. The quantitative estimate of drug-likeness (QED) is 0.450. The molecule has 3 rings (SSSR count). The van der Waals surface area contributed by atoms with Crippen LogP contribution in [-0.2, 0) is 13.1 Å². The summed E-state index contributed by atoms with van der Waals surface area (Å²) in [4.78, 5) is 2.17. The normalized spacial score (nSPS) is 10.4. The third-order valence-corrected chi connectivity index (χ3v) is 5.30. The third-order valence-electron chi connectivity index (χ3n) is 4.41.